The third kappa shape index (κ3) is 2.66. The summed E-state index contributed by atoms with van der Waals surface area (Å²) < 4.78 is 6.49. The van der Waals surface area contributed by atoms with Gasteiger partial charge >= 0.3 is 0 Å². The van der Waals surface area contributed by atoms with Gasteiger partial charge in [-0.3, -0.25) is 4.79 Å². The van der Waals surface area contributed by atoms with Crippen molar-refractivity contribution in [1.82, 2.24) is 4.90 Å². The number of halogens is 1. The lowest BCUT2D eigenvalue weighted by atomic mass is 9.59. The van der Waals surface area contributed by atoms with Crippen LogP contribution in [0.5, 0.6) is 0 Å². The molecule has 5 nitrogen and oxygen atoms in total. The zero-order chi connectivity index (χ0) is 18.8. The van der Waals surface area contributed by atoms with Gasteiger partial charge < -0.3 is 9.64 Å². The molecule has 1 aromatic rings. The maximum atomic E-state index is 13.1. The number of hydrogen-bond acceptors (Lipinski definition) is 4. The van der Waals surface area contributed by atoms with E-state index in [1.165, 1.54) is 0 Å². The van der Waals surface area contributed by atoms with Crippen LogP contribution >= 0.6 is 11.6 Å². The summed E-state index contributed by atoms with van der Waals surface area (Å²) in [5.74, 6) is 0.361. The number of carbonyl (C=O) groups is 1. The van der Waals surface area contributed by atoms with Gasteiger partial charge in [0.25, 0.3) is 0 Å². The molecule has 2 bridgehead atoms. The molecule has 146 valence electrons. The molecule has 1 aliphatic carbocycles. The van der Waals surface area contributed by atoms with Gasteiger partial charge in [0.2, 0.25) is 11.7 Å². The van der Waals surface area contributed by atoms with Gasteiger partial charge in [-0.1, -0.05) is 30.7 Å². The fourth-order valence-electron chi connectivity index (χ4n) is 5.72. The maximum absolute atomic E-state index is 13.1. The third-order valence-electron chi connectivity index (χ3n) is 7.18. The molecule has 6 heteroatoms. The fourth-order valence-corrected chi connectivity index (χ4v) is 5.84. The Balaban J connectivity index is 1.56. The highest BCUT2D eigenvalue weighted by Crippen LogP contribution is 2.59. The molecule has 1 saturated carbocycles. The fraction of sp³-hybridized carbons (Fsp3) is 0.667. The first-order valence-corrected chi connectivity index (χ1v) is 10.4. The Bertz CT molecular complexity index is 751. The number of benzene rings is 1. The smallest absolute Gasteiger partial charge is 0.225 e. The largest absolute Gasteiger partial charge is 0.321 e. The Morgan fingerprint density at radius 2 is 1.96 bits per heavy atom. The highest BCUT2D eigenvalue weighted by molar-refractivity contribution is 6.30. The van der Waals surface area contributed by atoms with Crippen molar-refractivity contribution >= 4 is 17.5 Å². The van der Waals surface area contributed by atoms with Gasteiger partial charge in [0.1, 0.15) is 0 Å². The molecule has 27 heavy (non-hydrogen) atoms. The predicted octanol–water partition coefficient (Wildman–Crippen LogP) is 4.29. The molecule has 0 radical (unpaired) electrons. The van der Waals surface area contributed by atoms with Crippen molar-refractivity contribution in [2.24, 2.45) is 17.8 Å². The molecule has 5 aliphatic rings. The van der Waals surface area contributed by atoms with Gasteiger partial charge in [0.15, 0.2) is 11.8 Å². The first kappa shape index (κ1) is 17.9. The summed E-state index contributed by atoms with van der Waals surface area (Å²) in [5, 5.41) is 0.692. The SMILES string of the molecule is C[C@@H]1CC[C@H]2CC(=O)N(Cc3ccc(Cl)cc3)C3O[C@@]4(C)CC[C@@H]1[C@]32OO4. The number of carbonyl (C=O) groups excluding carboxylic acids is 1. The van der Waals surface area contributed by atoms with E-state index in [9.17, 15) is 4.79 Å². The maximum Gasteiger partial charge on any atom is 0.225 e. The van der Waals surface area contributed by atoms with Crippen LogP contribution in [0.1, 0.15) is 51.5 Å². The third-order valence-corrected chi connectivity index (χ3v) is 7.44. The van der Waals surface area contributed by atoms with Crippen LogP contribution in [0.15, 0.2) is 24.3 Å². The molecule has 1 spiro atoms. The Labute approximate surface area is 164 Å². The normalized spacial score (nSPS) is 43.4. The van der Waals surface area contributed by atoms with E-state index in [2.05, 4.69) is 6.92 Å². The predicted molar refractivity (Wildman–Crippen MR) is 99.4 cm³/mol. The second-order valence-corrected chi connectivity index (χ2v) is 9.31. The number of hydrogen-bond donors (Lipinski definition) is 0. The zero-order valence-electron chi connectivity index (χ0n) is 15.8. The van der Waals surface area contributed by atoms with Crippen molar-refractivity contribution in [3.8, 4) is 0 Å². The van der Waals surface area contributed by atoms with Gasteiger partial charge in [-0.25, -0.2) is 9.78 Å². The van der Waals surface area contributed by atoms with Crippen molar-refractivity contribution < 1.29 is 19.3 Å². The van der Waals surface area contributed by atoms with Crippen molar-refractivity contribution in [2.75, 3.05) is 0 Å². The summed E-state index contributed by atoms with van der Waals surface area (Å²) in [4.78, 5) is 27.0. The van der Waals surface area contributed by atoms with Gasteiger partial charge in [0.05, 0.1) is 0 Å². The van der Waals surface area contributed by atoms with Crippen LogP contribution < -0.4 is 0 Å². The van der Waals surface area contributed by atoms with Crippen LogP contribution in [0, 0.1) is 17.8 Å². The minimum absolute atomic E-state index is 0.138. The Morgan fingerprint density at radius 3 is 2.74 bits per heavy atom. The van der Waals surface area contributed by atoms with Gasteiger partial charge in [-0.2, -0.15) is 0 Å². The standard InChI is InChI=1S/C21H26ClNO4/c1-13-3-6-15-11-18(24)23(12-14-4-7-16(22)8-5-14)19-21(15)17(13)9-10-20(2,25-19)26-27-21/h4-5,7-8,13,15,17,19H,3,6,9-12H2,1-2H3/t13-,15+,17+,19?,20-,21+/m1/s1. The van der Waals surface area contributed by atoms with Crippen LogP contribution in [0.25, 0.3) is 0 Å². The molecule has 1 aromatic carbocycles. The second-order valence-electron chi connectivity index (χ2n) is 8.87. The quantitative estimate of drug-likeness (QED) is 0.706. The van der Waals surface area contributed by atoms with Crippen LogP contribution in [0.3, 0.4) is 0 Å². The number of fused-ring (bicyclic) bond motifs is 2. The number of amides is 1. The van der Waals surface area contributed by atoms with Crippen LogP contribution in [0.2, 0.25) is 5.02 Å². The monoisotopic (exact) mass is 391 g/mol. The molecule has 4 saturated heterocycles. The lowest BCUT2D eigenvalue weighted by molar-refractivity contribution is -0.546. The highest BCUT2D eigenvalue weighted by atomic mass is 35.5. The minimum Gasteiger partial charge on any atom is -0.321 e. The number of piperidine rings is 1. The van der Waals surface area contributed by atoms with E-state index < -0.39 is 17.6 Å². The van der Waals surface area contributed by atoms with E-state index in [-0.39, 0.29) is 11.8 Å². The van der Waals surface area contributed by atoms with E-state index in [0.717, 1.165) is 31.2 Å². The van der Waals surface area contributed by atoms with Crippen molar-refractivity contribution in [3.63, 3.8) is 0 Å². The van der Waals surface area contributed by atoms with Crippen molar-refractivity contribution in [2.45, 2.75) is 70.1 Å². The lowest BCUT2D eigenvalue weighted by Gasteiger charge is -2.60. The van der Waals surface area contributed by atoms with E-state index in [0.29, 0.717) is 29.8 Å². The topological polar surface area (TPSA) is 48.0 Å². The Morgan fingerprint density at radius 1 is 1.19 bits per heavy atom. The molecular weight excluding hydrogens is 366 g/mol. The van der Waals surface area contributed by atoms with Crippen LogP contribution in [0.4, 0.5) is 0 Å². The van der Waals surface area contributed by atoms with Gasteiger partial charge in [-0.15, -0.1) is 0 Å². The first-order valence-electron chi connectivity index (χ1n) is 10.00. The minimum atomic E-state index is -0.798. The number of rotatable bonds is 2. The molecular formula is C21H26ClNO4. The summed E-state index contributed by atoms with van der Waals surface area (Å²) in [5.41, 5.74) is 0.478. The zero-order valence-corrected chi connectivity index (χ0v) is 16.6. The molecule has 4 heterocycles. The summed E-state index contributed by atoms with van der Waals surface area (Å²) >= 11 is 6.02. The van der Waals surface area contributed by atoms with E-state index in [1.807, 2.05) is 36.1 Å². The molecule has 4 aliphatic heterocycles. The Hall–Kier alpha value is -1.14. The lowest BCUT2D eigenvalue weighted by Crippen LogP contribution is -2.72. The summed E-state index contributed by atoms with van der Waals surface area (Å²) in [7, 11) is 0. The molecule has 0 N–H and O–H groups in total. The van der Waals surface area contributed by atoms with E-state index in [1.54, 1.807) is 0 Å². The first-order chi connectivity index (χ1) is 12.9. The highest BCUT2D eigenvalue weighted by Gasteiger charge is 2.68. The second kappa shape index (κ2) is 6.18. The molecule has 1 amide bonds. The van der Waals surface area contributed by atoms with Crippen LogP contribution in [-0.2, 0) is 25.9 Å². The van der Waals surface area contributed by atoms with Gasteiger partial charge in [-0.05, 0) is 55.7 Å². The average Bonchev–Trinajstić information content (AvgIpc) is 2.88. The van der Waals surface area contributed by atoms with Crippen molar-refractivity contribution in [1.29, 1.82) is 0 Å². The van der Waals surface area contributed by atoms with Crippen molar-refractivity contribution in [3.05, 3.63) is 34.9 Å². The molecule has 1 unspecified atom stereocenters. The summed E-state index contributed by atoms with van der Waals surface area (Å²) in [6.07, 6.45) is 4.00. The molecule has 6 atom stereocenters. The average molecular weight is 392 g/mol. The number of nitrogens with zero attached hydrogens (tertiary/aromatic N) is 1. The van der Waals surface area contributed by atoms with Crippen LogP contribution in [-0.4, -0.2) is 28.4 Å². The van der Waals surface area contributed by atoms with E-state index in [4.69, 9.17) is 26.1 Å². The Kier molecular flexibility index (Phi) is 4.10. The molecule has 5 fully saturated rings. The van der Waals surface area contributed by atoms with E-state index >= 15 is 0 Å². The molecule has 6 rings (SSSR count). The molecule has 0 aromatic heterocycles. The summed E-state index contributed by atoms with van der Waals surface area (Å²) in [6, 6.07) is 7.65. The number of ether oxygens (including phenoxy) is 1. The summed E-state index contributed by atoms with van der Waals surface area (Å²) in [6.45, 7) is 4.73. The van der Waals surface area contributed by atoms with Gasteiger partial charge in [0, 0.05) is 30.3 Å². The number of likely N-dealkylation sites (tertiary alicyclic amines) is 1.